The average Bonchev–Trinajstić information content (AvgIpc) is 2.60. The van der Waals surface area contributed by atoms with Crippen molar-refractivity contribution in [1.29, 1.82) is 0 Å². The lowest BCUT2D eigenvalue weighted by molar-refractivity contribution is -0.123. The molecule has 8 nitrogen and oxygen atoms in total. The van der Waals surface area contributed by atoms with E-state index < -0.39 is 28.0 Å². The number of nitrogens with one attached hydrogen (secondary N) is 2. The van der Waals surface area contributed by atoms with Gasteiger partial charge in [-0.25, -0.2) is 4.79 Å². The summed E-state index contributed by atoms with van der Waals surface area (Å²) in [5.74, 6) is -1.56. The summed E-state index contributed by atoms with van der Waals surface area (Å²) in [4.78, 5) is 34.4. The molecule has 1 fully saturated rings. The molecule has 0 unspecified atom stereocenters. The van der Waals surface area contributed by atoms with Gasteiger partial charge in [0.25, 0.3) is 11.8 Å². The van der Waals surface area contributed by atoms with Gasteiger partial charge in [-0.1, -0.05) is 30.3 Å². The lowest BCUT2D eigenvalue weighted by Crippen LogP contribution is -2.51. The number of carbonyl (C=O) groups excluding carboxylic acids is 3. The number of amides is 4. The van der Waals surface area contributed by atoms with Gasteiger partial charge in [0.05, 0.1) is 0 Å². The van der Waals surface area contributed by atoms with Crippen LogP contribution in [0.4, 0.5) is 4.79 Å². The molecule has 1 aliphatic rings. The fourth-order valence-electron chi connectivity index (χ4n) is 2.15. The van der Waals surface area contributed by atoms with E-state index in [2.05, 4.69) is 0 Å². The van der Waals surface area contributed by atoms with Crippen LogP contribution in [0.5, 0.6) is 5.75 Å². The Kier molecular flexibility index (Phi) is 4.55. The van der Waals surface area contributed by atoms with Crippen LogP contribution in [-0.4, -0.2) is 26.3 Å². The van der Waals surface area contributed by atoms with E-state index in [1.807, 2.05) is 10.6 Å². The van der Waals surface area contributed by atoms with Crippen LogP contribution >= 0.6 is 0 Å². The lowest BCUT2D eigenvalue weighted by Gasteiger charge is -2.13. The molecule has 1 heterocycles. The zero-order valence-electron chi connectivity index (χ0n) is 13.1. The van der Waals surface area contributed by atoms with Gasteiger partial charge in [-0.3, -0.25) is 20.2 Å². The van der Waals surface area contributed by atoms with E-state index in [9.17, 15) is 22.8 Å². The number of barbiturate groups is 1. The van der Waals surface area contributed by atoms with E-state index >= 15 is 0 Å². The molecule has 2 aromatic rings. The van der Waals surface area contributed by atoms with Crippen molar-refractivity contribution in [2.45, 2.75) is 4.90 Å². The SMILES string of the molecule is O=C1NC(=O)C(=Cc2ccc(OS(=O)(=O)c3ccccc3)cc2)C(=O)N1. The van der Waals surface area contributed by atoms with Gasteiger partial charge in [0.1, 0.15) is 16.2 Å². The summed E-state index contributed by atoms with van der Waals surface area (Å²) in [7, 11) is -3.96. The third kappa shape index (κ3) is 3.78. The highest BCUT2D eigenvalue weighted by Crippen LogP contribution is 2.20. The number of carbonyl (C=O) groups is 3. The molecule has 2 N–H and O–H groups in total. The molecule has 1 saturated heterocycles. The smallest absolute Gasteiger partial charge is 0.339 e. The summed E-state index contributed by atoms with van der Waals surface area (Å²) < 4.78 is 29.3. The summed E-state index contributed by atoms with van der Waals surface area (Å²) in [5, 5.41) is 3.92. The Hall–Kier alpha value is -3.46. The molecule has 1 aliphatic heterocycles. The van der Waals surface area contributed by atoms with Crippen molar-refractivity contribution in [2.75, 3.05) is 0 Å². The van der Waals surface area contributed by atoms with Crippen LogP contribution in [0, 0.1) is 0 Å². The largest absolute Gasteiger partial charge is 0.379 e. The van der Waals surface area contributed by atoms with Crippen LogP contribution in [-0.2, 0) is 19.7 Å². The Bertz CT molecular complexity index is 989. The quantitative estimate of drug-likeness (QED) is 0.473. The molecule has 26 heavy (non-hydrogen) atoms. The molecule has 3 rings (SSSR count). The van der Waals surface area contributed by atoms with E-state index in [0.717, 1.165) is 0 Å². The third-order valence-corrected chi connectivity index (χ3v) is 4.63. The first-order valence-electron chi connectivity index (χ1n) is 7.33. The molecule has 4 amide bonds. The lowest BCUT2D eigenvalue weighted by atomic mass is 10.1. The monoisotopic (exact) mass is 372 g/mol. The highest BCUT2D eigenvalue weighted by Gasteiger charge is 2.27. The molecule has 2 aromatic carbocycles. The van der Waals surface area contributed by atoms with Gasteiger partial charge in [-0.2, -0.15) is 8.42 Å². The van der Waals surface area contributed by atoms with E-state index in [4.69, 9.17) is 4.18 Å². The summed E-state index contributed by atoms with van der Waals surface area (Å²) in [6, 6.07) is 12.5. The number of imide groups is 2. The predicted octanol–water partition coefficient (Wildman–Crippen LogP) is 1.20. The van der Waals surface area contributed by atoms with Crippen LogP contribution in [0.3, 0.4) is 0 Å². The minimum Gasteiger partial charge on any atom is -0.379 e. The van der Waals surface area contributed by atoms with Crippen LogP contribution in [0.15, 0.2) is 65.1 Å². The Morgan fingerprint density at radius 2 is 1.38 bits per heavy atom. The predicted molar refractivity (Wildman–Crippen MR) is 90.4 cm³/mol. The molecule has 132 valence electrons. The molecular weight excluding hydrogens is 360 g/mol. The van der Waals surface area contributed by atoms with Crippen molar-refractivity contribution in [3.63, 3.8) is 0 Å². The summed E-state index contributed by atoms with van der Waals surface area (Å²) in [6.45, 7) is 0. The topological polar surface area (TPSA) is 119 Å². The molecule has 0 spiro atoms. The van der Waals surface area contributed by atoms with Crippen molar-refractivity contribution in [3.8, 4) is 5.75 Å². The average molecular weight is 372 g/mol. The number of rotatable bonds is 4. The van der Waals surface area contributed by atoms with Crippen LogP contribution < -0.4 is 14.8 Å². The van der Waals surface area contributed by atoms with Gasteiger partial charge in [-0.15, -0.1) is 0 Å². The van der Waals surface area contributed by atoms with E-state index in [-0.39, 0.29) is 16.2 Å². The normalized spacial score (nSPS) is 14.5. The number of benzene rings is 2. The van der Waals surface area contributed by atoms with E-state index in [1.165, 1.54) is 42.5 Å². The Morgan fingerprint density at radius 3 is 1.96 bits per heavy atom. The van der Waals surface area contributed by atoms with Crippen molar-refractivity contribution in [2.24, 2.45) is 0 Å². The molecule has 0 atom stereocenters. The fourth-order valence-corrected chi connectivity index (χ4v) is 3.11. The first-order chi connectivity index (χ1) is 12.3. The van der Waals surface area contributed by atoms with Crippen molar-refractivity contribution < 1.29 is 27.0 Å². The molecular formula is C17H12N2O6S. The Balaban J connectivity index is 1.79. The molecule has 0 bridgehead atoms. The molecule has 0 saturated carbocycles. The first-order valence-corrected chi connectivity index (χ1v) is 8.74. The standard InChI is InChI=1S/C17H12N2O6S/c20-15-14(16(21)19-17(22)18-15)10-11-6-8-12(9-7-11)25-26(23,24)13-4-2-1-3-5-13/h1-10H,(H2,18,19,20,21,22). The van der Waals surface area contributed by atoms with E-state index in [0.29, 0.717) is 5.56 Å². The number of hydrogen-bond donors (Lipinski definition) is 2. The second-order valence-electron chi connectivity index (χ2n) is 5.21. The number of urea groups is 1. The first kappa shape index (κ1) is 17.4. The minimum absolute atomic E-state index is 0.0198. The van der Waals surface area contributed by atoms with Gasteiger partial charge in [-0.05, 0) is 35.9 Å². The number of hydrogen-bond acceptors (Lipinski definition) is 6. The highest BCUT2D eigenvalue weighted by molar-refractivity contribution is 7.87. The second-order valence-corrected chi connectivity index (χ2v) is 6.76. The van der Waals surface area contributed by atoms with Crippen molar-refractivity contribution >= 4 is 34.0 Å². The Morgan fingerprint density at radius 1 is 0.808 bits per heavy atom. The van der Waals surface area contributed by atoms with Crippen LogP contribution in [0.25, 0.3) is 6.08 Å². The van der Waals surface area contributed by atoms with Crippen LogP contribution in [0.2, 0.25) is 0 Å². The van der Waals surface area contributed by atoms with Gasteiger partial charge in [0.15, 0.2) is 0 Å². The minimum atomic E-state index is -3.96. The van der Waals surface area contributed by atoms with Gasteiger partial charge < -0.3 is 4.18 Å². The molecule has 0 radical (unpaired) electrons. The van der Waals surface area contributed by atoms with Gasteiger partial charge in [0, 0.05) is 0 Å². The molecule has 0 aromatic heterocycles. The zero-order chi connectivity index (χ0) is 18.7. The van der Waals surface area contributed by atoms with Crippen LogP contribution in [0.1, 0.15) is 5.56 Å². The third-order valence-electron chi connectivity index (χ3n) is 3.37. The van der Waals surface area contributed by atoms with Crippen molar-refractivity contribution in [1.82, 2.24) is 10.6 Å². The maximum Gasteiger partial charge on any atom is 0.339 e. The maximum atomic E-state index is 12.1. The highest BCUT2D eigenvalue weighted by atomic mass is 32.2. The van der Waals surface area contributed by atoms with E-state index in [1.54, 1.807) is 18.2 Å². The zero-order valence-corrected chi connectivity index (χ0v) is 13.9. The summed E-state index contributed by atoms with van der Waals surface area (Å²) in [5.41, 5.74) is 0.208. The maximum absolute atomic E-state index is 12.1. The van der Waals surface area contributed by atoms with Gasteiger partial charge in [0.2, 0.25) is 0 Å². The van der Waals surface area contributed by atoms with Crippen molar-refractivity contribution in [3.05, 3.63) is 65.7 Å². The molecule has 9 heteroatoms. The summed E-state index contributed by atoms with van der Waals surface area (Å²) >= 11 is 0. The van der Waals surface area contributed by atoms with Gasteiger partial charge >= 0.3 is 16.1 Å². The molecule has 0 aliphatic carbocycles. The Labute approximate surface area is 148 Å². The second kappa shape index (κ2) is 6.81. The summed E-state index contributed by atoms with van der Waals surface area (Å²) in [6.07, 6.45) is 1.27. The fraction of sp³-hybridized carbons (Fsp3) is 0.